The summed E-state index contributed by atoms with van der Waals surface area (Å²) in [6.45, 7) is 7.56. The van der Waals surface area contributed by atoms with Crippen LogP contribution >= 0.6 is 11.6 Å². The van der Waals surface area contributed by atoms with Crippen molar-refractivity contribution in [3.63, 3.8) is 0 Å². The summed E-state index contributed by atoms with van der Waals surface area (Å²) in [7, 11) is 0. The molecule has 0 fully saturated rings. The Kier molecular flexibility index (Phi) is 5.22. The third-order valence-corrected chi connectivity index (χ3v) is 3.78. The Morgan fingerprint density at radius 2 is 2.26 bits per heavy atom. The molecule has 106 valence electrons. The van der Waals surface area contributed by atoms with Crippen LogP contribution in [0.3, 0.4) is 0 Å². The van der Waals surface area contributed by atoms with Gasteiger partial charge in [-0.05, 0) is 43.5 Å². The summed E-state index contributed by atoms with van der Waals surface area (Å²) in [6.07, 6.45) is 1.34. The predicted molar refractivity (Wildman–Crippen MR) is 79.4 cm³/mol. The second-order valence-electron chi connectivity index (χ2n) is 5.34. The Hall–Kier alpha value is -0.610. The molecule has 1 aromatic carbocycles. The van der Waals surface area contributed by atoms with Gasteiger partial charge in [-0.3, -0.25) is 4.90 Å². The molecule has 1 aliphatic heterocycles. The van der Waals surface area contributed by atoms with Gasteiger partial charge >= 0.3 is 0 Å². The summed E-state index contributed by atoms with van der Waals surface area (Å²) in [5.74, 6) is 0. The fourth-order valence-electron chi connectivity index (χ4n) is 2.64. The maximum atomic E-state index is 6.08. The van der Waals surface area contributed by atoms with Crippen LogP contribution in [0.1, 0.15) is 37.4 Å². The average Bonchev–Trinajstić information content (AvgIpc) is 2.71. The first-order valence-electron chi connectivity index (χ1n) is 6.96. The van der Waals surface area contributed by atoms with Crippen LogP contribution in [0.2, 0.25) is 5.02 Å². The molecule has 0 aromatic heterocycles. The van der Waals surface area contributed by atoms with Crippen LogP contribution in [0.25, 0.3) is 0 Å². The van der Waals surface area contributed by atoms with Gasteiger partial charge in [-0.25, -0.2) is 0 Å². The predicted octanol–water partition coefficient (Wildman–Crippen LogP) is 2.97. The van der Waals surface area contributed by atoms with E-state index in [1.807, 2.05) is 6.07 Å². The molecule has 1 heterocycles. The Morgan fingerprint density at radius 1 is 1.47 bits per heavy atom. The molecule has 0 saturated carbocycles. The largest absolute Gasteiger partial charge is 0.379 e. The van der Waals surface area contributed by atoms with Gasteiger partial charge in [0.1, 0.15) is 0 Å². The first-order chi connectivity index (χ1) is 9.11. The topological polar surface area (TPSA) is 38.5 Å². The van der Waals surface area contributed by atoms with E-state index in [0.29, 0.717) is 18.7 Å². The van der Waals surface area contributed by atoms with Gasteiger partial charge < -0.3 is 10.5 Å². The van der Waals surface area contributed by atoms with Crippen molar-refractivity contribution in [1.82, 2.24) is 4.90 Å². The van der Waals surface area contributed by atoms with E-state index in [0.717, 1.165) is 31.1 Å². The lowest BCUT2D eigenvalue weighted by Gasteiger charge is -2.23. The molecule has 1 aromatic rings. The fraction of sp³-hybridized carbons (Fsp3) is 0.600. The van der Waals surface area contributed by atoms with Crippen molar-refractivity contribution in [2.45, 2.75) is 39.0 Å². The molecule has 1 atom stereocenters. The van der Waals surface area contributed by atoms with Gasteiger partial charge in [0.25, 0.3) is 0 Å². The monoisotopic (exact) mass is 282 g/mol. The van der Waals surface area contributed by atoms with Crippen molar-refractivity contribution in [2.75, 3.05) is 19.7 Å². The Labute approximate surface area is 120 Å². The summed E-state index contributed by atoms with van der Waals surface area (Å²) in [6, 6.07) is 6.43. The average molecular weight is 283 g/mol. The maximum absolute atomic E-state index is 6.08. The number of nitrogens with zero attached hydrogens (tertiary/aromatic N) is 1. The second-order valence-corrected chi connectivity index (χ2v) is 5.77. The van der Waals surface area contributed by atoms with Crippen LogP contribution in [0, 0.1) is 0 Å². The Bertz CT molecular complexity index is 423. The van der Waals surface area contributed by atoms with Crippen LogP contribution in [0.4, 0.5) is 0 Å². The molecule has 0 bridgehead atoms. The van der Waals surface area contributed by atoms with E-state index < -0.39 is 0 Å². The molecule has 2 rings (SSSR count). The third kappa shape index (κ3) is 3.69. The molecule has 2 N–H and O–H groups in total. The first-order valence-corrected chi connectivity index (χ1v) is 7.33. The van der Waals surface area contributed by atoms with Crippen molar-refractivity contribution < 1.29 is 4.74 Å². The highest BCUT2D eigenvalue weighted by atomic mass is 35.5. The van der Waals surface area contributed by atoms with E-state index >= 15 is 0 Å². The molecular formula is C15H23ClN2O. The minimum absolute atomic E-state index is 0.299. The quantitative estimate of drug-likeness (QED) is 0.815. The normalized spacial score (nSPS) is 19.1. The number of ether oxygens (including phenoxy) is 1. The lowest BCUT2D eigenvalue weighted by atomic mass is 10.1. The van der Waals surface area contributed by atoms with E-state index in [9.17, 15) is 0 Å². The van der Waals surface area contributed by atoms with Crippen LogP contribution in [-0.2, 0) is 11.3 Å². The van der Waals surface area contributed by atoms with Gasteiger partial charge in [-0.1, -0.05) is 17.7 Å². The molecule has 1 aliphatic rings. The maximum Gasteiger partial charge on any atom is 0.0518 e. The van der Waals surface area contributed by atoms with Crippen molar-refractivity contribution in [1.29, 1.82) is 0 Å². The van der Waals surface area contributed by atoms with E-state index in [1.165, 1.54) is 11.1 Å². The highest BCUT2D eigenvalue weighted by Gasteiger charge is 2.28. The smallest absolute Gasteiger partial charge is 0.0518 e. The van der Waals surface area contributed by atoms with Gasteiger partial charge in [0.15, 0.2) is 0 Å². The van der Waals surface area contributed by atoms with E-state index in [2.05, 4.69) is 30.9 Å². The summed E-state index contributed by atoms with van der Waals surface area (Å²) in [5, 5.41) is 0.794. The second kappa shape index (κ2) is 6.71. The number of halogens is 1. The van der Waals surface area contributed by atoms with Crippen molar-refractivity contribution in [3.05, 3.63) is 34.3 Å². The van der Waals surface area contributed by atoms with E-state index in [-0.39, 0.29) is 0 Å². The molecule has 0 spiro atoms. The summed E-state index contributed by atoms with van der Waals surface area (Å²) in [5.41, 5.74) is 8.57. The molecule has 0 saturated heterocycles. The molecule has 0 aliphatic carbocycles. The number of nitrogens with two attached hydrogens (primary N) is 1. The van der Waals surface area contributed by atoms with Crippen molar-refractivity contribution in [2.24, 2.45) is 5.73 Å². The molecule has 19 heavy (non-hydrogen) atoms. The molecule has 3 nitrogen and oxygen atoms in total. The van der Waals surface area contributed by atoms with Crippen molar-refractivity contribution in [3.8, 4) is 0 Å². The zero-order valence-electron chi connectivity index (χ0n) is 11.7. The summed E-state index contributed by atoms with van der Waals surface area (Å²) in [4.78, 5) is 2.42. The standard InChI is InChI=1S/C15H23ClN2O/c1-11(2)19-7-3-6-18-10-12-4-5-13(16)8-14(12)15(18)9-17/h4-5,8,11,15H,3,6-7,9-10,17H2,1-2H3. The fourth-order valence-corrected chi connectivity index (χ4v) is 2.82. The lowest BCUT2D eigenvalue weighted by Crippen LogP contribution is -2.29. The molecule has 1 unspecified atom stereocenters. The van der Waals surface area contributed by atoms with Gasteiger partial charge in [0.2, 0.25) is 0 Å². The number of hydrogen-bond donors (Lipinski definition) is 1. The zero-order chi connectivity index (χ0) is 13.8. The summed E-state index contributed by atoms with van der Waals surface area (Å²) >= 11 is 6.08. The summed E-state index contributed by atoms with van der Waals surface area (Å²) < 4.78 is 5.59. The minimum atomic E-state index is 0.299. The van der Waals surface area contributed by atoms with Crippen LogP contribution < -0.4 is 5.73 Å². The van der Waals surface area contributed by atoms with Gasteiger partial charge in [0, 0.05) is 37.3 Å². The van der Waals surface area contributed by atoms with Gasteiger partial charge in [-0.2, -0.15) is 0 Å². The molecule has 4 heteroatoms. The first kappa shape index (κ1) is 14.8. The molecule has 0 amide bonds. The van der Waals surface area contributed by atoms with Crippen molar-refractivity contribution >= 4 is 11.6 Å². The number of hydrogen-bond acceptors (Lipinski definition) is 3. The van der Waals surface area contributed by atoms with E-state index in [1.54, 1.807) is 0 Å². The zero-order valence-corrected chi connectivity index (χ0v) is 12.5. The van der Waals surface area contributed by atoms with Crippen LogP contribution in [0.5, 0.6) is 0 Å². The van der Waals surface area contributed by atoms with Crippen LogP contribution in [-0.4, -0.2) is 30.7 Å². The number of rotatable bonds is 6. The number of benzene rings is 1. The van der Waals surface area contributed by atoms with Gasteiger partial charge in [-0.15, -0.1) is 0 Å². The Morgan fingerprint density at radius 3 is 2.95 bits per heavy atom. The highest BCUT2D eigenvalue weighted by molar-refractivity contribution is 6.30. The Balaban J connectivity index is 1.93. The van der Waals surface area contributed by atoms with Gasteiger partial charge in [0.05, 0.1) is 6.10 Å². The lowest BCUT2D eigenvalue weighted by molar-refractivity contribution is 0.0675. The highest BCUT2D eigenvalue weighted by Crippen LogP contribution is 2.34. The number of fused-ring (bicyclic) bond motifs is 1. The molecule has 0 radical (unpaired) electrons. The molecular weight excluding hydrogens is 260 g/mol. The van der Waals surface area contributed by atoms with Crippen LogP contribution in [0.15, 0.2) is 18.2 Å². The minimum Gasteiger partial charge on any atom is -0.379 e. The SMILES string of the molecule is CC(C)OCCCN1Cc2ccc(Cl)cc2C1CN. The van der Waals surface area contributed by atoms with E-state index in [4.69, 9.17) is 22.1 Å². The third-order valence-electron chi connectivity index (χ3n) is 3.55.